The van der Waals surface area contributed by atoms with Crippen LogP contribution in [0.15, 0.2) is 175 Å². The van der Waals surface area contributed by atoms with Crippen LogP contribution in [-0.4, -0.2) is 19.1 Å². The van der Waals surface area contributed by atoms with E-state index in [-0.39, 0.29) is 0 Å². The van der Waals surface area contributed by atoms with Crippen molar-refractivity contribution in [1.82, 2.24) is 19.1 Å². The quantitative estimate of drug-likeness (QED) is 0.174. The fourth-order valence-corrected chi connectivity index (χ4v) is 10.5. The molecule has 4 unspecified atom stereocenters. The van der Waals surface area contributed by atoms with Gasteiger partial charge in [0.25, 0.3) is 0 Å². The summed E-state index contributed by atoms with van der Waals surface area (Å²) in [5.41, 5.74) is 15.5. The number of allylic oxidation sites excluding steroid dienone is 9. The van der Waals surface area contributed by atoms with Crippen molar-refractivity contribution in [1.29, 1.82) is 0 Å². The molecule has 4 heteroatoms. The summed E-state index contributed by atoms with van der Waals surface area (Å²) in [5, 5.41) is 6.10. The lowest BCUT2D eigenvalue weighted by atomic mass is 9.78. The van der Waals surface area contributed by atoms with E-state index in [0.29, 0.717) is 29.6 Å². The van der Waals surface area contributed by atoms with E-state index >= 15 is 0 Å². The third-order valence-corrected chi connectivity index (χ3v) is 13.5. The maximum absolute atomic E-state index is 5.46. The summed E-state index contributed by atoms with van der Waals surface area (Å²) in [6.07, 6.45) is 21.0. The zero-order chi connectivity index (χ0) is 40.8. The monoisotopic (exact) mass is 786 g/mol. The highest BCUT2D eigenvalue weighted by Crippen LogP contribution is 2.42. The van der Waals surface area contributed by atoms with Crippen molar-refractivity contribution in [3.05, 3.63) is 192 Å². The zero-order valence-corrected chi connectivity index (χ0v) is 34.8. The SMILES string of the molecule is CC1C=C(C2C=CC(c3nc(-n4c5ccccc5c5cc(-c6ccc7c(c6)c6c8c(ccc6n7-c6ccccc6)C=CC(C)C8)ccc54)nc4ccccc34)=CC2C)C=CC1. The smallest absolute Gasteiger partial charge is 0.235 e. The fourth-order valence-electron chi connectivity index (χ4n) is 10.5. The molecule has 3 aromatic heterocycles. The van der Waals surface area contributed by atoms with Crippen LogP contribution in [-0.2, 0) is 6.42 Å². The molecule has 0 fully saturated rings. The van der Waals surface area contributed by atoms with Gasteiger partial charge in [-0.2, -0.15) is 0 Å². The summed E-state index contributed by atoms with van der Waals surface area (Å²) in [5.74, 6) is 2.45. The Morgan fingerprint density at radius 3 is 2.10 bits per heavy atom. The van der Waals surface area contributed by atoms with Gasteiger partial charge in [0.15, 0.2) is 0 Å². The lowest BCUT2D eigenvalue weighted by Crippen LogP contribution is -2.15. The number of rotatable bonds is 5. The highest BCUT2D eigenvalue weighted by molar-refractivity contribution is 6.14. The van der Waals surface area contributed by atoms with Crippen LogP contribution in [0.4, 0.5) is 0 Å². The largest absolute Gasteiger partial charge is 0.309 e. The average molecular weight is 787 g/mol. The van der Waals surface area contributed by atoms with Crippen LogP contribution >= 0.6 is 0 Å². The van der Waals surface area contributed by atoms with Gasteiger partial charge >= 0.3 is 0 Å². The van der Waals surface area contributed by atoms with Crippen molar-refractivity contribution in [3.8, 4) is 22.8 Å². The Balaban J connectivity index is 1.01. The van der Waals surface area contributed by atoms with Crippen LogP contribution in [0.2, 0.25) is 0 Å². The standard InChI is InChI=1S/C57H46N4/c1-35-12-11-13-41(30-35)44-26-22-42(32-37(44)3)56-46-17-7-9-18-50(46)58-57(59-56)61-51-19-10-8-16-45(51)48-33-39(24-27-52(48)61)40-25-28-53-49(34-40)55-47-31-36(2)20-21-38(47)23-29-54(55)60(53)43-14-5-4-6-15-43/h4-11,13-30,32-37,44H,12,31H2,1-3H3. The van der Waals surface area contributed by atoms with Crippen molar-refractivity contribution in [2.24, 2.45) is 23.7 Å². The highest BCUT2D eigenvalue weighted by atomic mass is 15.2. The van der Waals surface area contributed by atoms with E-state index in [1.54, 1.807) is 0 Å². The summed E-state index contributed by atoms with van der Waals surface area (Å²) >= 11 is 0. The fraction of sp³-hybridized carbons (Fsp3) is 0.158. The van der Waals surface area contributed by atoms with E-state index in [4.69, 9.17) is 9.97 Å². The normalized spacial score (nSPS) is 19.9. The third kappa shape index (κ3) is 5.80. The molecule has 0 N–H and O–H groups in total. The summed E-state index contributed by atoms with van der Waals surface area (Å²) in [7, 11) is 0. The molecule has 4 atom stereocenters. The molecule has 0 saturated heterocycles. The highest BCUT2D eigenvalue weighted by Gasteiger charge is 2.25. The molecule has 0 saturated carbocycles. The van der Waals surface area contributed by atoms with Gasteiger partial charge in [0.05, 0.1) is 33.3 Å². The minimum Gasteiger partial charge on any atom is -0.309 e. The first-order chi connectivity index (χ1) is 30.0. The van der Waals surface area contributed by atoms with Crippen LogP contribution in [0.5, 0.6) is 0 Å². The Morgan fingerprint density at radius 2 is 1.28 bits per heavy atom. The van der Waals surface area contributed by atoms with Crippen molar-refractivity contribution < 1.29 is 0 Å². The zero-order valence-electron chi connectivity index (χ0n) is 34.8. The molecule has 12 rings (SSSR count). The van der Waals surface area contributed by atoms with Gasteiger partial charge in [-0.3, -0.25) is 4.57 Å². The Kier molecular flexibility index (Phi) is 8.25. The molecule has 0 bridgehead atoms. The molecule has 3 aliphatic rings. The van der Waals surface area contributed by atoms with Crippen molar-refractivity contribution in [2.45, 2.75) is 33.6 Å². The Labute approximate surface area is 356 Å². The topological polar surface area (TPSA) is 35.6 Å². The second-order valence-electron chi connectivity index (χ2n) is 17.6. The number of hydrogen-bond donors (Lipinski definition) is 0. The molecule has 0 radical (unpaired) electrons. The molecule has 3 heterocycles. The lowest BCUT2D eigenvalue weighted by Gasteiger charge is -2.27. The number of para-hydroxylation sites is 3. The second kappa shape index (κ2) is 14.0. The van der Waals surface area contributed by atoms with Crippen molar-refractivity contribution >= 4 is 66.2 Å². The molecular formula is C57H46N4. The average Bonchev–Trinajstić information content (AvgIpc) is 3.81. The van der Waals surface area contributed by atoms with E-state index in [9.17, 15) is 0 Å². The summed E-state index contributed by atoms with van der Waals surface area (Å²) in [6, 6.07) is 46.5. The molecule has 4 nitrogen and oxygen atoms in total. The predicted octanol–water partition coefficient (Wildman–Crippen LogP) is 14.4. The van der Waals surface area contributed by atoms with Gasteiger partial charge in [-0.05, 0) is 119 Å². The molecule has 61 heavy (non-hydrogen) atoms. The third-order valence-electron chi connectivity index (χ3n) is 13.5. The lowest BCUT2D eigenvalue weighted by molar-refractivity contribution is 0.574. The van der Waals surface area contributed by atoms with Crippen molar-refractivity contribution in [2.75, 3.05) is 0 Å². The van der Waals surface area contributed by atoms with E-state index in [0.717, 1.165) is 46.0 Å². The van der Waals surface area contributed by atoms with E-state index in [2.05, 4.69) is 206 Å². The molecule has 6 aromatic carbocycles. The molecule has 9 aromatic rings. The molecule has 0 amide bonds. The van der Waals surface area contributed by atoms with E-state index in [1.165, 1.54) is 66.1 Å². The van der Waals surface area contributed by atoms with Gasteiger partial charge in [0, 0.05) is 38.5 Å². The minimum atomic E-state index is 0.338. The first-order valence-corrected chi connectivity index (χ1v) is 21.9. The summed E-state index contributed by atoms with van der Waals surface area (Å²) in [4.78, 5) is 10.7. The number of hydrogen-bond acceptors (Lipinski definition) is 2. The molecular weight excluding hydrogens is 741 g/mol. The molecule has 0 aliphatic heterocycles. The molecule has 294 valence electrons. The van der Waals surface area contributed by atoms with Crippen LogP contribution in [0.1, 0.15) is 44.0 Å². The van der Waals surface area contributed by atoms with Crippen LogP contribution in [0, 0.1) is 23.7 Å². The first-order valence-electron chi connectivity index (χ1n) is 21.9. The predicted molar refractivity (Wildman–Crippen MR) is 256 cm³/mol. The van der Waals surface area contributed by atoms with Gasteiger partial charge in [0.2, 0.25) is 5.95 Å². The maximum Gasteiger partial charge on any atom is 0.235 e. The van der Waals surface area contributed by atoms with Crippen LogP contribution in [0.3, 0.4) is 0 Å². The van der Waals surface area contributed by atoms with Gasteiger partial charge in [0.1, 0.15) is 0 Å². The van der Waals surface area contributed by atoms with Gasteiger partial charge in [-0.25, -0.2) is 9.97 Å². The number of fused-ring (bicyclic) bond motifs is 9. The number of benzene rings is 6. The van der Waals surface area contributed by atoms with E-state index in [1.807, 2.05) is 0 Å². The first kappa shape index (κ1) is 35.9. The molecule has 0 spiro atoms. The Morgan fingerprint density at radius 1 is 0.557 bits per heavy atom. The van der Waals surface area contributed by atoms with Gasteiger partial charge < -0.3 is 4.57 Å². The van der Waals surface area contributed by atoms with Crippen LogP contribution < -0.4 is 0 Å². The number of nitrogens with zero attached hydrogens (tertiary/aromatic N) is 4. The van der Waals surface area contributed by atoms with Crippen LogP contribution in [0.25, 0.3) is 88.9 Å². The van der Waals surface area contributed by atoms with E-state index < -0.39 is 0 Å². The summed E-state index contributed by atoms with van der Waals surface area (Å²) in [6.45, 7) is 6.97. The van der Waals surface area contributed by atoms with Crippen molar-refractivity contribution in [3.63, 3.8) is 0 Å². The van der Waals surface area contributed by atoms with Gasteiger partial charge in [-0.1, -0.05) is 142 Å². The van der Waals surface area contributed by atoms with Gasteiger partial charge in [-0.15, -0.1) is 0 Å². The molecule has 3 aliphatic carbocycles. The minimum absolute atomic E-state index is 0.338. The maximum atomic E-state index is 5.46. The Hall–Kier alpha value is -7.04. The number of aromatic nitrogens is 4. The Bertz CT molecular complexity index is 3420. The summed E-state index contributed by atoms with van der Waals surface area (Å²) < 4.78 is 4.71. The second-order valence-corrected chi connectivity index (χ2v) is 17.6.